The van der Waals surface area contributed by atoms with Gasteiger partial charge in [-0.2, -0.15) is 0 Å². The first-order valence-electron chi connectivity index (χ1n) is 6.42. The Balaban J connectivity index is 1.71. The summed E-state index contributed by atoms with van der Waals surface area (Å²) in [4.78, 5) is 0. The first-order chi connectivity index (χ1) is 9.12. The molecule has 1 N–H and O–H groups in total. The predicted molar refractivity (Wildman–Crippen MR) is 75.5 cm³/mol. The molecule has 3 nitrogen and oxygen atoms in total. The summed E-state index contributed by atoms with van der Waals surface area (Å²) >= 11 is 0. The van der Waals surface area contributed by atoms with Crippen LogP contribution in [0.15, 0.2) is 48.5 Å². The molecule has 0 bridgehead atoms. The van der Waals surface area contributed by atoms with Gasteiger partial charge in [0.2, 0.25) is 5.79 Å². The molecule has 0 aliphatic carbocycles. The van der Waals surface area contributed by atoms with E-state index in [0.29, 0.717) is 0 Å². The van der Waals surface area contributed by atoms with E-state index in [0.717, 1.165) is 23.7 Å². The van der Waals surface area contributed by atoms with E-state index in [-0.39, 0.29) is 0 Å². The van der Waals surface area contributed by atoms with Crippen molar-refractivity contribution in [1.82, 2.24) is 0 Å². The predicted octanol–water partition coefficient (Wildman–Crippen LogP) is 3.81. The Kier molecular flexibility index (Phi) is 2.82. The Morgan fingerprint density at radius 1 is 0.947 bits per heavy atom. The molecule has 0 saturated heterocycles. The van der Waals surface area contributed by atoms with E-state index < -0.39 is 5.79 Å². The second kappa shape index (κ2) is 4.50. The van der Waals surface area contributed by atoms with Crippen molar-refractivity contribution in [2.45, 2.75) is 26.2 Å². The molecule has 0 amide bonds. The summed E-state index contributed by atoms with van der Waals surface area (Å²) in [7, 11) is 0. The minimum Gasteiger partial charge on any atom is -0.449 e. The number of hydrogen-bond acceptors (Lipinski definition) is 3. The summed E-state index contributed by atoms with van der Waals surface area (Å²) < 4.78 is 11.4. The van der Waals surface area contributed by atoms with Gasteiger partial charge in [0, 0.05) is 32.1 Å². The first kappa shape index (κ1) is 11.9. The third kappa shape index (κ3) is 2.65. The maximum atomic E-state index is 5.72. The van der Waals surface area contributed by atoms with Crippen LogP contribution in [0.2, 0.25) is 0 Å². The summed E-state index contributed by atoms with van der Waals surface area (Å²) in [6, 6.07) is 16.2. The van der Waals surface area contributed by atoms with Crippen molar-refractivity contribution < 1.29 is 9.47 Å². The Morgan fingerprint density at radius 3 is 2.47 bits per heavy atom. The summed E-state index contributed by atoms with van der Waals surface area (Å²) in [5.74, 6) is 1.03. The summed E-state index contributed by atoms with van der Waals surface area (Å²) in [5.41, 5.74) is 2.28. The fourth-order valence-electron chi connectivity index (χ4n) is 2.13. The quantitative estimate of drug-likeness (QED) is 0.904. The fourth-order valence-corrected chi connectivity index (χ4v) is 2.13. The van der Waals surface area contributed by atoms with Crippen molar-refractivity contribution in [3.63, 3.8) is 0 Å². The van der Waals surface area contributed by atoms with Crippen LogP contribution >= 0.6 is 0 Å². The van der Waals surface area contributed by atoms with Crippen LogP contribution in [0.25, 0.3) is 0 Å². The van der Waals surface area contributed by atoms with Gasteiger partial charge in [-0.3, -0.25) is 0 Å². The molecule has 0 atom stereocenters. The summed E-state index contributed by atoms with van der Waals surface area (Å²) in [5, 5.41) is 3.38. The molecule has 0 unspecified atom stereocenters. The van der Waals surface area contributed by atoms with E-state index >= 15 is 0 Å². The molecule has 3 rings (SSSR count). The van der Waals surface area contributed by atoms with E-state index in [1.807, 2.05) is 50.2 Å². The van der Waals surface area contributed by atoms with Gasteiger partial charge in [-0.25, -0.2) is 0 Å². The van der Waals surface area contributed by atoms with Crippen LogP contribution in [0.5, 0.6) is 11.5 Å². The SMILES string of the molecule is CC1(C)Oc2ccc(NCc3ccccc3)cc2O1. The van der Waals surface area contributed by atoms with Crippen molar-refractivity contribution in [3.05, 3.63) is 54.1 Å². The second-order valence-electron chi connectivity index (χ2n) is 5.10. The summed E-state index contributed by atoms with van der Waals surface area (Å²) in [6.07, 6.45) is 0. The number of benzene rings is 2. The van der Waals surface area contributed by atoms with Crippen molar-refractivity contribution in [2.75, 3.05) is 5.32 Å². The lowest BCUT2D eigenvalue weighted by Gasteiger charge is -2.16. The minimum atomic E-state index is -0.569. The molecule has 1 aliphatic heterocycles. The zero-order chi connectivity index (χ0) is 13.3. The highest BCUT2D eigenvalue weighted by Gasteiger charge is 2.31. The van der Waals surface area contributed by atoms with E-state index in [4.69, 9.17) is 9.47 Å². The average Bonchev–Trinajstić information content (AvgIpc) is 2.70. The van der Waals surface area contributed by atoms with Gasteiger partial charge >= 0.3 is 0 Å². The van der Waals surface area contributed by atoms with Crippen LogP contribution in [0.3, 0.4) is 0 Å². The van der Waals surface area contributed by atoms with Crippen LogP contribution in [0.1, 0.15) is 19.4 Å². The molecule has 2 aromatic carbocycles. The number of ether oxygens (including phenoxy) is 2. The van der Waals surface area contributed by atoms with Crippen LogP contribution in [-0.4, -0.2) is 5.79 Å². The van der Waals surface area contributed by atoms with Gasteiger partial charge in [0.25, 0.3) is 0 Å². The highest BCUT2D eigenvalue weighted by Crippen LogP contribution is 2.40. The van der Waals surface area contributed by atoms with Gasteiger partial charge in [-0.15, -0.1) is 0 Å². The average molecular weight is 255 g/mol. The Morgan fingerprint density at radius 2 is 1.68 bits per heavy atom. The number of fused-ring (bicyclic) bond motifs is 1. The van der Waals surface area contributed by atoms with Crippen molar-refractivity contribution >= 4 is 5.69 Å². The molecule has 0 fully saturated rings. The van der Waals surface area contributed by atoms with Crippen LogP contribution in [0.4, 0.5) is 5.69 Å². The van der Waals surface area contributed by atoms with Gasteiger partial charge < -0.3 is 14.8 Å². The van der Waals surface area contributed by atoms with Crippen molar-refractivity contribution in [3.8, 4) is 11.5 Å². The normalized spacial score (nSPS) is 15.3. The molecule has 0 aromatic heterocycles. The van der Waals surface area contributed by atoms with Crippen LogP contribution < -0.4 is 14.8 Å². The van der Waals surface area contributed by atoms with Crippen LogP contribution in [0, 0.1) is 0 Å². The fraction of sp³-hybridized carbons (Fsp3) is 0.250. The molecule has 2 aromatic rings. The van der Waals surface area contributed by atoms with E-state index in [1.165, 1.54) is 5.56 Å². The minimum absolute atomic E-state index is 0.569. The van der Waals surface area contributed by atoms with Crippen LogP contribution in [-0.2, 0) is 6.54 Å². The highest BCUT2D eigenvalue weighted by molar-refractivity contribution is 5.56. The molecular weight excluding hydrogens is 238 g/mol. The van der Waals surface area contributed by atoms with Gasteiger partial charge in [-0.05, 0) is 17.7 Å². The van der Waals surface area contributed by atoms with Gasteiger partial charge in [0.05, 0.1) is 0 Å². The van der Waals surface area contributed by atoms with Crippen molar-refractivity contribution in [1.29, 1.82) is 0 Å². The van der Waals surface area contributed by atoms with Gasteiger partial charge in [0.1, 0.15) is 0 Å². The number of anilines is 1. The zero-order valence-electron chi connectivity index (χ0n) is 11.1. The molecule has 1 heterocycles. The number of nitrogens with one attached hydrogen (secondary N) is 1. The molecule has 0 saturated carbocycles. The van der Waals surface area contributed by atoms with Crippen molar-refractivity contribution in [2.24, 2.45) is 0 Å². The molecule has 98 valence electrons. The largest absolute Gasteiger partial charge is 0.449 e. The molecule has 0 spiro atoms. The second-order valence-corrected chi connectivity index (χ2v) is 5.10. The first-order valence-corrected chi connectivity index (χ1v) is 6.42. The van der Waals surface area contributed by atoms with E-state index in [9.17, 15) is 0 Å². The van der Waals surface area contributed by atoms with Gasteiger partial charge in [0.15, 0.2) is 11.5 Å². The topological polar surface area (TPSA) is 30.5 Å². The third-order valence-electron chi connectivity index (χ3n) is 2.99. The monoisotopic (exact) mass is 255 g/mol. The summed E-state index contributed by atoms with van der Waals surface area (Å²) in [6.45, 7) is 4.61. The van der Waals surface area contributed by atoms with E-state index in [1.54, 1.807) is 0 Å². The lowest BCUT2D eigenvalue weighted by Crippen LogP contribution is -2.29. The van der Waals surface area contributed by atoms with E-state index in [2.05, 4.69) is 17.4 Å². The smallest absolute Gasteiger partial charge is 0.246 e. The zero-order valence-corrected chi connectivity index (χ0v) is 11.1. The Hall–Kier alpha value is -2.16. The lowest BCUT2D eigenvalue weighted by atomic mass is 10.2. The maximum absolute atomic E-state index is 5.72. The Labute approximate surface area is 113 Å². The number of hydrogen-bond donors (Lipinski definition) is 1. The Bertz CT molecular complexity index is 579. The molecule has 0 radical (unpaired) electrons. The molecule has 19 heavy (non-hydrogen) atoms. The number of rotatable bonds is 3. The molecule has 3 heteroatoms. The third-order valence-corrected chi connectivity index (χ3v) is 2.99. The lowest BCUT2D eigenvalue weighted by molar-refractivity contribution is -0.0431. The molecular formula is C16H17NO2. The standard InChI is InChI=1S/C16H17NO2/c1-16(2)18-14-9-8-13(10-15(14)19-16)17-11-12-6-4-3-5-7-12/h3-10,17H,11H2,1-2H3. The maximum Gasteiger partial charge on any atom is 0.246 e. The van der Waals surface area contributed by atoms with Gasteiger partial charge in [-0.1, -0.05) is 30.3 Å². The molecule has 1 aliphatic rings. The highest BCUT2D eigenvalue weighted by atomic mass is 16.7.